The molecule has 2 aliphatic heterocycles. The maximum Gasteiger partial charge on any atom is 0.191 e. The normalized spacial score (nSPS) is 21.5. The van der Waals surface area contributed by atoms with Crippen molar-refractivity contribution in [2.75, 3.05) is 46.8 Å². The molecule has 2 saturated heterocycles. The molecule has 1 aromatic heterocycles. The van der Waals surface area contributed by atoms with Crippen molar-refractivity contribution in [3.05, 3.63) is 24.0 Å². The van der Waals surface area contributed by atoms with Gasteiger partial charge in [0.2, 0.25) is 0 Å². The average molecular weight is 488 g/mol. The number of piperidine rings is 2. The Bertz CT molecular complexity index is 585. The maximum atomic E-state index is 4.44. The Hall–Kier alpha value is -0.800. The number of likely N-dealkylation sites (tertiary alicyclic amines) is 2. The molecular weight excluding hydrogens is 451 g/mol. The van der Waals surface area contributed by atoms with E-state index in [0.717, 1.165) is 19.0 Å². The highest BCUT2D eigenvalue weighted by molar-refractivity contribution is 14.0. The van der Waals surface area contributed by atoms with E-state index in [4.69, 9.17) is 0 Å². The second-order valence-electron chi connectivity index (χ2n) is 8.04. The Kier molecular flexibility index (Phi) is 8.88. The van der Waals surface area contributed by atoms with E-state index < -0.39 is 0 Å². The molecule has 6 nitrogen and oxygen atoms in total. The van der Waals surface area contributed by atoms with Crippen LogP contribution in [0.5, 0.6) is 0 Å². The average Bonchev–Trinajstić information content (AvgIpc) is 3.09. The number of rotatable bonds is 5. The molecule has 27 heavy (non-hydrogen) atoms. The molecule has 1 aromatic rings. The van der Waals surface area contributed by atoms with E-state index in [0.29, 0.717) is 0 Å². The number of hydrogen-bond acceptors (Lipinski definition) is 3. The third-order valence-electron chi connectivity index (χ3n) is 6.11. The van der Waals surface area contributed by atoms with Crippen LogP contribution in [0.1, 0.15) is 37.7 Å². The van der Waals surface area contributed by atoms with Gasteiger partial charge in [0, 0.05) is 45.1 Å². The summed E-state index contributed by atoms with van der Waals surface area (Å²) in [5.41, 5.74) is 1.55. The summed E-state index contributed by atoms with van der Waals surface area (Å²) in [6.45, 7) is 6.67. The Balaban J connectivity index is 0.00000261. The Morgan fingerprint density at radius 1 is 1.07 bits per heavy atom. The molecular formula is C20H37IN6. The van der Waals surface area contributed by atoms with Crippen LogP contribution in [0.3, 0.4) is 0 Å². The van der Waals surface area contributed by atoms with Crippen molar-refractivity contribution in [1.82, 2.24) is 25.0 Å². The molecule has 7 heteroatoms. The number of nitrogens with zero attached hydrogens (tertiary/aromatic N) is 4. The van der Waals surface area contributed by atoms with Crippen LogP contribution in [0.4, 0.5) is 0 Å². The van der Waals surface area contributed by atoms with Gasteiger partial charge in [0.25, 0.3) is 0 Å². The largest absolute Gasteiger partial charge is 0.357 e. The monoisotopic (exact) mass is 488 g/mol. The van der Waals surface area contributed by atoms with Crippen molar-refractivity contribution >= 4 is 29.9 Å². The van der Waals surface area contributed by atoms with Crippen molar-refractivity contribution < 1.29 is 0 Å². The molecule has 3 rings (SSSR count). The molecule has 154 valence electrons. The first-order chi connectivity index (χ1) is 12.6. The van der Waals surface area contributed by atoms with Crippen molar-refractivity contribution in [3.63, 3.8) is 0 Å². The van der Waals surface area contributed by atoms with Crippen LogP contribution in [-0.4, -0.2) is 72.7 Å². The lowest BCUT2D eigenvalue weighted by atomic mass is 9.84. The van der Waals surface area contributed by atoms with Crippen LogP contribution in [0.25, 0.3) is 0 Å². The third-order valence-corrected chi connectivity index (χ3v) is 6.11. The lowest BCUT2D eigenvalue weighted by Gasteiger charge is -2.50. The minimum absolute atomic E-state index is 0. The number of hydrogen-bond donors (Lipinski definition) is 2. The van der Waals surface area contributed by atoms with E-state index in [1.807, 2.05) is 7.05 Å². The Morgan fingerprint density at radius 2 is 1.78 bits per heavy atom. The molecule has 0 spiro atoms. The van der Waals surface area contributed by atoms with E-state index in [9.17, 15) is 0 Å². The fourth-order valence-electron chi connectivity index (χ4n) is 4.33. The van der Waals surface area contributed by atoms with Crippen LogP contribution in [0.2, 0.25) is 0 Å². The zero-order chi connectivity index (χ0) is 18.4. The highest BCUT2D eigenvalue weighted by Gasteiger charge is 2.39. The van der Waals surface area contributed by atoms with E-state index >= 15 is 0 Å². The van der Waals surface area contributed by atoms with Crippen LogP contribution < -0.4 is 10.6 Å². The highest BCUT2D eigenvalue weighted by atomic mass is 127. The van der Waals surface area contributed by atoms with Gasteiger partial charge in [0.15, 0.2) is 5.96 Å². The lowest BCUT2D eigenvalue weighted by molar-refractivity contribution is 0.0173. The number of aryl methyl sites for hydroxylation is 1. The van der Waals surface area contributed by atoms with Crippen molar-refractivity contribution in [2.24, 2.45) is 12.0 Å². The molecule has 2 fully saturated rings. The zero-order valence-corrected chi connectivity index (χ0v) is 19.5. The SMILES string of the molecule is CN=C(NCc1ccn(C)c1)NCC1(N2CCCCC2)CCN(C)CC1.I. The molecule has 0 unspecified atom stereocenters. The van der Waals surface area contributed by atoms with Gasteiger partial charge in [0.1, 0.15) is 0 Å². The first kappa shape index (κ1) is 22.5. The van der Waals surface area contributed by atoms with Crippen molar-refractivity contribution in [3.8, 4) is 0 Å². The van der Waals surface area contributed by atoms with E-state index in [1.54, 1.807) is 0 Å². The molecule has 0 bridgehead atoms. The topological polar surface area (TPSA) is 47.8 Å². The van der Waals surface area contributed by atoms with Crippen LogP contribution in [0.15, 0.2) is 23.5 Å². The fraction of sp³-hybridized carbons (Fsp3) is 0.750. The van der Waals surface area contributed by atoms with E-state index in [2.05, 4.69) is 62.5 Å². The number of aliphatic imine (C=N–C) groups is 1. The highest BCUT2D eigenvalue weighted by Crippen LogP contribution is 2.30. The molecule has 3 heterocycles. The predicted molar refractivity (Wildman–Crippen MR) is 124 cm³/mol. The summed E-state index contributed by atoms with van der Waals surface area (Å²) < 4.78 is 2.08. The van der Waals surface area contributed by atoms with Gasteiger partial charge >= 0.3 is 0 Å². The van der Waals surface area contributed by atoms with E-state index in [1.165, 1.54) is 63.8 Å². The molecule has 0 atom stereocenters. The number of nitrogens with one attached hydrogen (secondary N) is 2. The number of guanidine groups is 1. The second kappa shape index (κ2) is 10.7. The minimum Gasteiger partial charge on any atom is -0.357 e. The minimum atomic E-state index is 0. The maximum absolute atomic E-state index is 4.44. The molecule has 2 N–H and O–H groups in total. The first-order valence-corrected chi connectivity index (χ1v) is 10.1. The summed E-state index contributed by atoms with van der Waals surface area (Å²) in [6, 6.07) is 2.15. The second-order valence-corrected chi connectivity index (χ2v) is 8.04. The van der Waals surface area contributed by atoms with Gasteiger partial charge in [-0.1, -0.05) is 6.42 Å². The molecule has 0 aromatic carbocycles. The lowest BCUT2D eigenvalue weighted by Crippen LogP contribution is -2.62. The van der Waals surface area contributed by atoms with Gasteiger partial charge in [-0.25, -0.2) is 0 Å². The summed E-state index contributed by atoms with van der Waals surface area (Å²) in [4.78, 5) is 9.67. The quantitative estimate of drug-likeness (QED) is 0.380. The van der Waals surface area contributed by atoms with Gasteiger partial charge < -0.3 is 20.1 Å². The summed E-state index contributed by atoms with van der Waals surface area (Å²) in [7, 11) is 6.16. The molecule has 0 aliphatic carbocycles. The van der Waals surface area contributed by atoms with E-state index in [-0.39, 0.29) is 29.5 Å². The van der Waals surface area contributed by atoms with Gasteiger partial charge in [-0.05, 0) is 70.5 Å². The number of halogens is 1. The summed E-state index contributed by atoms with van der Waals surface area (Å²) in [5, 5.41) is 7.11. The molecule has 0 radical (unpaired) electrons. The van der Waals surface area contributed by atoms with Crippen LogP contribution in [0, 0.1) is 0 Å². The zero-order valence-electron chi connectivity index (χ0n) is 17.2. The fourth-order valence-corrected chi connectivity index (χ4v) is 4.33. The standard InChI is InChI=1S/C20H36N6.HI/c1-21-19(22-15-18-7-12-25(3)16-18)23-17-20(8-13-24(2)14-9-20)26-10-5-4-6-11-26;/h7,12,16H,4-6,8-11,13-15,17H2,1-3H3,(H2,21,22,23);1H. The molecule has 2 aliphatic rings. The van der Waals surface area contributed by atoms with Crippen LogP contribution >= 0.6 is 24.0 Å². The summed E-state index contributed by atoms with van der Waals surface area (Å²) in [5.74, 6) is 0.907. The smallest absolute Gasteiger partial charge is 0.191 e. The Morgan fingerprint density at radius 3 is 2.37 bits per heavy atom. The van der Waals surface area contributed by atoms with Crippen molar-refractivity contribution in [2.45, 2.75) is 44.2 Å². The van der Waals surface area contributed by atoms with Gasteiger partial charge in [-0.3, -0.25) is 9.89 Å². The van der Waals surface area contributed by atoms with Crippen LogP contribution in [-0.2, 0) is 13.6 Å². The molecule has 0 amide bonds. The summed E-state index contributed by atoms with van der Waals surface area (Å²) >= 11 is 0. The van der Waals surface area contributed by atoms with Gasteiger partial charge in [-0.15, -0.1) is 24.0 Å². The number of aromatic nitrogens is 1. The first-order valence-electron chi connectivity index (χ1n) is 10.1. The predicted octanol–water partition coefficient (Wildman–Crippen LogP) is 2.26. The van der Waals surface area contributed by atoms with Crippen molar-refractivity contribution in [1.29, 1.82) is 0 Å². The molecule has 0 saturated carbocycles. The third kappa shape index (κ3) is 6.09. The van der Waals surface area contributed by atoms with Gasteiger partial charge in [-0.2, -0.15) is 0 Å². The Labute approximate surface area is 181 Å². The van der Waals surface area contributed by atoms with Gasteiger partial charge in [0.05, 0.1) is 0 Å². The summed E-state index contributed by atoms with van der Waals surface area (Å²) in [6.07, 6.45) is 10.8.